The van der Waals surface area contributed by atoms with E-state index in [-0.39, 0.29) is 6.73 Å². The molecular weight excluding hydrogens is 420 g/mol. The number of aromatic nitrogens is 3. The van der Waals surface area contributed by atoms with Gasteiger partial charge in [0.1, 0.15) is 17.8 Å². The van der Waals surface area contributed by atoms with Gasteiger partial charge in [-0.1, -0.05) is 16.6 Å². The van der Waals surface area contributed by atoms with Crippen LogP contribution in [0.3, 0.4) is 0 Å². The molecule has 2 aromatic rings. The third-order valence-electron chi connectivity index (χ3n) is 3.32. The molecule has 0 fully saturated rings. The van der Waals surface area contributed by atoms with Gasteiger partial charge in [0, 0.05) is 35.2 Å². The first-order valence-electron chi connectivity index (χ1n) is 7.36. The minimum absolute atomic E-state index is 0.0572. The SMILES string of the molecule is CN(C)[P+](N(C)C)(N(C)CO)n1nnc2ccccc21.F[P-](F)(F)(F)(F)F. The van der Waals surface area contributed by atoms with Crippen molar-refractivity contribution in [3.05, 3.63) is 24.3 Å². The molecule has 1 aromatic carbocycles. The minimum atomic E-state index is -10.7. The molecule has 0 spiro atoms. The second-order valence-electron chi connectivity index (χ2n) is 5.96. The number of fused-ring (bicyclic) bond motifs is 1. The Kier molecular flexibility index (Phi) is 6.26. The standard InChI is InChI=1S/C12H22N6OP.F6P/c1-15(2)20(16(3)4,17(5)10-19)18-12-9-7-6-8-11(12)13-14-18;1-7(2,3,4,5)6/h6-9,19H,10H2,1-5H3;/q+1;-1. The molecule has 27 heavy (non-hydrogen) atoms. The molecule has 0 bridgehead atoms. The number of benzene rings is 1. The molecule has 158 valence electrons. The molecule has 1 heterocycles. The van der Waals surface area contributed by atoms with Gasteiger partial charge in [0.15, 0.2) is 0 Å². The van der Waals surface area contributed by atoms with E-state index < -0.39 is 15.7 Å². The molecule has 0 atom stereocenters. The van der Waals surface area contributed by atoms with Crippen molar-refractivity contribution in [2.24, 2.45) is 0 Å². The van der Waals surface area contributed by atoms with Crippen molar-refractivity contribution < 1.29 is 30.3 Å². The van der Waals surface area contributed by atoms with E-state index in [9.17, 15) is 30.3 Å². The van der Waals surface area contributed by atoms with E-state index in [0.29, 0.717) is 0 Å². The first-order valence-corrected chi connectivity index (χ1v) is 11.0. The van der Waals surface area contributed by atoms with E-state index in [0.717, 1.165) is 11.0 Å². The Hall–Kier alpha value is -1.10. The average Bonchev–Trinajstić information content (AvgIpc) is 2.88. The van der Waals surface area contributed by atoms with Crippen LogP contribution in [0.15, 0.2) is 24.3 Å². The maximum absolute atomic E-state index is 10.7. The number of para-hydroxylation sites is 1. The summed E-state index contributed by atoms with van der Waals surface area (Å²) < 4.78 is 67.2. The third-order valence-corrected chi connectivity index (χ3v) is 7.32. The predicted molar refractivity (Wildman–Crippen MR) is 95.6 cm³/mol. The fourth-order valence-electron chi connectivity index (χ4n) is 2.59. The van der Waals surface area contributed by atoms with Gasteiger partial charge in [0.2, 0.25) is 0 Å². The monoisotopic (exact) mass is 442 g/mol. The van der Waals surface area contributed by atoms with Crippen LogP contribution in [0.1, 0.15) is 0 Å². The van der Waals surface area contributed by atoms with Crippen molar-refractivity contribution in [3.8, 4) is 0 Å². The van der Waals surface area contributed by atoms with E-state index in [1.54, 1.807) is 0 Å². The summed E-state index contributed by atoms with van der Waals surface area (Å²) in [6, 6.07) is 7.86. The van der Waals surface area contributed by atoms with Gasteiger partial charge >= 0.3 is 40.9 Å². The van der Waals surface area contributed by atoms with Crippen molar-refractivity contribution in [3.63, 3.8) is 0 Å². The number of nitrogens with zero attached hydrogens (tertiary/aromatic N) is 6. The van der Waals surface area contributed by atoms with Gasteiger partial charge in [-0.3, -0.25) is 0 Å². The molecule has 0 saturated heterocycles. The van der Waals surface area contributed by atoms with Crippen LogP contribution in [0.5, 0.6) is 0 Å². The van der Waals surface area contributed by atoms with E-state index in [1.807, 2.05) is 68.6 Å². The zero-order valence-electron chi connectivity index (χ0n) is 15.3. The molecule has 0 unspecified atom stereocenters. The van der Waals surface area contributed by atoms with Crippen molar-refractivity contribution >= 4 is 26.7 Å². The van der Waals surface area contributed by atoms with Gasteiger partial charge in [0.05, 0.1) is 0 Å². The molecule has 0 aliphatic carbocycles. The normalized spacial score (nSPS) is 15.7. The zero-order chi connectivity index (χ0) is 21.3. The number of aliphatic hydroxyl groups excluding tert-OH is 1. The second-order valence-corrected chi connectivity index (χ2v) is 11.6. The summed E-state index contributed by atoms with van der Waals surface area (Å²) >= 11 is 0. The first kappa shape index (κ1) is 23.9. The number of hydrogen-bond acceptors (Lipinski definition) is 6. The predicted octanol–water partition coefficient (Wildman–Crippen LogP) is 4.34. The summed E-state index contributed by atoms with van der Waals surface area (Å²) in [7, 11) is -2.97. The van der Waals surface area contributed by atoms with Crippen molar-refractivity contribution in [1.29, 1.82) is 0 Å². The quantitative estimate of drug-likeness (QED) is 0.422. The summed E-state index contributed by atoms with van der Waals surface area (Å²) in [6.07, 6.45) is 0. The Bertz CT molecular complexity index is 762. The van der Waals surface area contributed by atoms with E-state index in [1.165, 1.54) is 0 Å². The molecular formula is C12H22F6N6OP2. The van der Waals surface area contributed by atoms with Gasteiger partial charge in [0.25, 0.3) is 0 Å². The molecule has 0 aliphatic heterocycles. The van der Waals surface area contributed by atoms with E-state index >= 15 is 0 Å². The van der Waals surface area contributed by atoms with Crippen LogP contribution in [-0.2, 0) is 0 Å². The Morgan fingerprint density at radius 1 is 0.963 bits per heavy atom. The molecule has 7 nitrogen and oxygen atoms in total. The van der Waals surface area contributed by atoms with Crippen LogP contribution >= 0.6 is 15.7 Å². The Morgan fingerprint density at radius 3 is 1.81 bits per heavy atom. The number of halogens is 6. The molecule has 1 N–H and O–H groups in total. The fraction of sp³-hybridized carbons (Fsp3) is 0.500. The van der Waals surface area contributed by atoms with E-state index in [2.05, 4.69) is 19.7 Å². The number of rotatable bonds is 5. The van der Waals surface area contributed by atoms with Crippen LogP contribution in [0.2, 0.25) is 0 Å². The van der Waals surface area contributed by atoms with Gasteiger partial charge in [-0.2, -0.15) is 0 Å². The van der Waals surface area contributed by atoms with Gasteiger partial charge in [-0.15, -0.1) is 19.1 Å². The average molecular weight is 442 g/mol. The molecule has 0 aliphatic rings. The first-order chi connectivity index (χ1) is 11.9. The topological polar surface area (TPSA) is 60.7 Å². The van der Waals surface area contributed by atoms with Crippen molar-refractivity contribution in [1.82, 2.24) is 28.8 Å². The Balaban J connectivity index is 0.000000445. The molecule has 0 saturated carbocycles. The van der Waals surface area contributed by atoms with E-state index in [4.69, 9.17) is 0 Å². The molecule has 0 amide bonds. The molecule has 2 rings (SSSR count). The molecule has 1 aromatic heterocycles. The molecule has 0 radical (unpaired) electrons. The Labute approximate surface area is 152 Å². The summed E-state index contributed by atoms with van der Waals surface area (Å²) in [5.41, 5.74) is 1.82. The summed E-state index contributed by atoms with van der Waals surface area (Å²) in [6.45, 7) is -0.0572. The second kappa shape index (κ2) is 7.06. The van der Waals surface area contributed by atoms with Crippen molar-refractivity contribution in [2.75, 3.05) is 42.0 Å². The van der Waals surface area contributed by atoms with Gasteiger partial charge < -0.3 is 5.11 Å². The van der Waals surface area contributed by atoms with Crippen LogP contribution in [0, 0.1) is 0 Å². The molecule has 15 heteroatoms. The van der Waals surface area contributed by atoms with Crippen LogP contribution in [0.4, 0.5) is 25.2 Å². The summed E-state index contributed by atoms with van der Waals surface area (Å²) in [4.78, 5) is 0. The Morgan fingerprint density at radius 2 is 1.41 bits per heavy atom. The third kappa shape index (κ3) is 6.48. The zero-order valence-corrected chi connectivity index (χ0v) is 17.1. The van der Waals surface area contributed by atoms with Crippen LogP contribution in [-0.4, -0.2) is 75.9 Å². The van der Waals surface area contributed by atoms with Crippen LogP contribution in [0.25, 0.3) is 11.0 Å². The van der Waals surface area contributed by atoms with Crippen LogP contribution < -0.4 is 0 Å². The maximum atomic E-state index is 9.87. The fourth-order valence-corrected chi connectivity index (χ4v) is 6.27. The summed E-state index contributed by atoms with van der Waals surface area (Å²) in [5, 5.41) is 18.3. The summed E-state index contributed by atoms with van der Waals surface area (Å²) in [5.74, 6) is 0. The van der Waals surface area contributed by atoms with Crippen molar-refractivity contribution in [2.45, 2.75) is 0 Å². The van der Waals surface area contributed by atoms with Gasteiger partial charge in [-0.25, -0.2) is 0 Å². The van der Waals surface area contributed by atoms with Gasteiger partial charge in [-0.05, 0) is 17.3 Å². The number of aliphatic hydroxyl groups is 1. The number of hydrogen-bond donors (Lipinski definition) is 1.